The third-order valence-electron chi connectivity index (χ3n) is 6.95. The first kappa shape index (κ1) is 26.2. The van der Waals surface area contributed by atoms with E-state index in [2.05, 4.69) is 26.2 Å². The van der Waals surface area contributed by atoms with Crippen LogP contribution in [0, 0.1) is 23.8 Å². The van der Waals surface area contributed by atoms with Crippen molar-refractivity contribution in [3.8, 4) is 6.07 Å². The molecular formula is C26H28F3N7O. The number of benzene rings is 1. The molecule has 8 nitrogen and oxygen atoms in total. The number of carbonyl (C=O) groups is 1. The molecule has 11 heteroatoms. The molecule has 1 aromatic carbocycles. The molecule has 2 saturated heterocycles. The summed E-state index contributed by atoms with van der Waals surface area (Å²) in [5.74, 6) is -0.753. The molecule has 0 spiro atoms. The number of hydrogen-bond donors (Lipinski definition) is 1. The number of carbonyl (C=O) groups excluding carboxylic acids is 1. The number of halogens is 3. The van der Waals surface area contributed by atoms with E-state index in [-0.39, 0.29) is 17.5 Å². The molecule has 194 valence electrons. The van der Waals surface area contributed by atoms with Crippen LogP contribution in [0.5, 0.6) is 0 Å². The maximum atomic E-state index is 13.6. The van der Waals surface area contributed by atoms with Crippen molar-refractivity contribution in [1.29, 1.82) is 5.26 Å². The molecule has 0 unspecified atom stereocenters. The normalized spacial score (nSPS) is 18.0. The average molecular weight is 512 g/mol. The van der Waals surface area contributed by atoms with Gasteiger partial charge in [0.1, 0.15) is 17.7 Å². The van der Waals surface area contributed by atoms with E-state index in [1.165, 1.54) is 0 Å². The second-order valence-corrected chi connectivity index (χ2v) is 9.35. The quantitative estimate of drug-likeness (QED) is 0.542. The average Bonchev–Trinajstić information content (AvgIpc) is 2.87. The maximum absolute atomic E-state index is 13.6. The van der Waals surface area contributed by atoms with E-state index in [9.17, 15) is 18.0 Å². The molecule has 1 atom stereocenters. The van der Waals surface area contributed by atoms with Crippen molar-refractivity contribution >= 4 is 17.5 Å². The number of piperidine rings is 1. The van der Waals surface area contributed by atoms with Crippen LogP contribution in [0.3, 0.4) is 0 Å². The Bertz CT molecular complexity index is 1180. The van der Waals surface area contributed by atoms with Gasteiger partial charge in [0.2, 0.25) is 18.3 Å². The predicted octanol–water partition coefficient (Wildman–Crippen LogP) is 3.83. The van der Waals surface area contributed by atoms with Crippen LogP contribution in [-0.4, -0.2) is 54.6 Å². The third kappa shape index (κ3) is 6.48. The van der Waals surface area contributed by atoms with E-state index in [1.807, 2.05) is 17.0 Å². The first-order valence-corrected chi connectivity index (χ1v) is 12.4. The van der Waals surface area contributed by atoms with Crippen molar-refractivity contribution in [2.45, 2.75) is 44.3 Å². The van der Waals surface area contributed by atoms with Crippen LogP contribution in [0.15, 0.2) is 30.3 Å². The lowest BCUT2D eigenvalue weighted by Crippen LogP contribution is -2.57. The fourth-order valence-corrected chi connectivity index (χ4v) is 4.68. The van der Waals surface area contributed by atoms with Gasteiger partial charge in [-0.2, -0.15) is 18.4 Å². The summed E-state index contributed by atoms with van der Waals surface area (Å²) in [7, 11) is 0. The summed E-state index contributed by atoms with van der Waals surface area (Å²) in [6.07, 6.45) is -1.21. The second kappa shape index (κ2) is 11.5. The van der Waals surface area contributed by atoms with Gasteiger partial charge in [-0.05, 0) is 49.3 Å². The highest BCUT2D eigenvalue weighted by atomic mass is 19.4. The standard InChI is InChI=1S/C26H28F3N7O/c1-31-11-6-19-8-13-35(14-9-19)22-16-23(34-25(33-22)26(27,28)29)36-15-10-21(36)24(37)32-12-7-18-2-4-20(17-30)5-3-18/h2-5,16,19,21H,6-15H2,(H,32,37)/t21-/m0/s1. The summed E-state index contributed by atoms with van der Waals surface area (Å²) in [4.78, 5) is 27.2. The number of anilines is 2. The van der Waals surface area contributed by atoms with Crippen molar-refractivity contribution in [1.82, 2.24) is 15.3 Å². The molecule has 1 amide bonds. The van der Waals surface area contributed by atoms with Crippen LogP contribution >= 0.6 is 0 Å². The van der Waals surface area contributed by atoms with E-state index < -0.39 is 18.0 Å². The highest BCUT2D eigenvalue weighted by Crippen LogP contribution is 2.34. The zero-order chi connectivity index (χ0) is 26.4. The van der Waals surface area contributed by atoms with Crippen molar-refractivity contribution in [2.75, 3.05) is 42.5 Å². The Morgan fingerprint density at radius 1 is 1.14 bits per heavy atom. The van der Waals surface area contributed by atoms with E-state index in [4.69, 9.17) is 11.8 Å². The second-order valence-electron chi connectivity index (χ2n) is 9.35. The zero-order valence-corrected chi connectivity index (χ0v) is 20.3. The smallest absolute Gasteiger partial charge is 0.356 e. The first-order valence-electron chi connectivity index (χ1n) is 12.4. The SMILES string of the molecule is [C-]#[N+]CCC1CCN(c2cc(N3CC[C@H]3C(=O)NCCc3ccc(C#N)cc3)nc(C(F)(F)F)n2)CC1. The summed E-state index contributed by atoms with van der Waals surface area (Å²) < 4.78 is 40.9. The molecule has 2 aliphatic heterocycles. The molecule has 4 rings (SSSR count). The summed E-state index contributed by atoms with van der Waals surface area (Å²) in [6, 6.07) is 10.1. The number of hydrogen-bond acceptors (Lipinski definition) is 6. The molecule has 0 radical (unpaired) electrons. The Morgan fingerprint density at radius 2 is 1.84 bits per heavy atom. The zero-order valence-electron chi connectivity index (χ0n) is 20.3. The van der Waals surface area contributed by atoms with Gasteiger partial charge in [-0.15, -0.1) is 0 Å². The summed E-state index contributed by atoms with van der Waals surface area (Å²) in [6.45, 7) is 9.35. The van der Waals surface area contributed by atoms with Crippen molar-refractivity contribution in [3.63, 3.8) is 0 Å². The molecular weight excluding hydrogens is 483 g/mol. The molecule has 0 aliphatic carbocycles. The molecule has 37 heavy (non-hydrogen) atoms. The van der Waals surface area contributed by atoms with Gasteiger partial charge in [-0.3, -0.25) is 4.79 Å². The molecule has 2 aromatic rings. The number of amides is 1. The van der Waals surface area contributed by atoms with Crippen LogP contribution in [0.25, 0.3) is 4.85 Å². The Labute approximate surface area is 213 Å². The largest absolute Gasteiger partial charge is 0.451 e. The minimum atomic E-state index is -4.71. The molecule has 2 aliphatic rings. The van der Waals surface area contributed by atoms with E-state index in [0.29, 0.717) is 57.0 Å². The molecule has 3 heterocycles. The van der Waals surface area contributed by atoms with Gasteiger partial charge in [0.25, 0.3) is 0 Å². The number of rotatable bonds is 8. The van der Waals surface area contributed by atoms with E-state index >= 15 is 0 Å². The number of nitriles is 1. The van der Waals surface area contributed by atoms with Crippen molar-refractivity contribution in [3.05, 3.63) is 58.7 Å². The Hall–Kier alpha value is -3.86. The highest BCUT2D eigenvalue weighted by molar-refractivity contribution is 5.86. The van der Waals surface area contributed by atoms with Crippen LogP contribution < -0.4 is 15.1 Å². The molecule has 0 saturated carbocycles. The van der Waals surface area contributed by atoms with Gasteiger partial charge in [-0.1, -0.05) is 12.1 Å². The van der Waals surface area contributed by atoms with E-state index in [0.717, 1.165) is 24.8 Å². The van der Waals surface area contributed by atoms with Crippen LogP contribution in [0.2, 0.25) is 0 Å². The van der Waals surface area contributed by atoms with Crippen LogP contribution in [0.4, 0.5) is 24.8 Å². The lowest BCUT2D eigenvalue weighted by atomic mass is 9.93. The van der Waals surface area contributed by atoms with Crippen LogP contribution in [0.1, 0.15) is 42.6 Å². The van der Waals surface area contributed by atoms with Gasteiger partial charge in [-0.25, -0.2) is 16.5 Å². The molecule has 0 bridgehead atoms. The number of alkyl halides is 3. The first-order chi connectivity index (χ1) is 17.8. The number of nitrogens with one attached hydrogen (secondary N) is 1. The highest BCUT2D eigenvalue weighted by Gasteiger charge is 2.40. The topological polar surface area (TPSA) is 89.5 Å². The minimum absolute atomic E-state index is 0.103. The maximum Gasteiger partial charge on any atom is 0.451 e. The summed E-state index contributed by atoms with van der Waals surface area (Å²) in [5.41, 5.74) is 1.53. The number of aromatic nitrogens is 2. The van der Waals surface area contributed by atoms with Crippen molar-refractivity contribution < 1.29 is 18.0 Å². The Morgan fingerprint density at radius 3 is 2.43 bits per heavy atom. The lowest BCUT2D eigenvalue weighted by Gasteiger charge is -2.41. The predicted molar refractivity (Wildman–Crippen MR) is 132 cm³/mol. The lowest BCUT2D eigenvalue weighted by molar-refractivity contribution is -0.144. The van der Waals surface area contributed by atoms with Crippen LogP contribution in [-0.2, 0) is 17.4 Å². The fourth-order valence-electron chi connectivity index (χ4n) is 4.68. The Balaban J connectivity index is 1.41. The monoisotopic (exact) mass is 511 g/mol. The van der Waals surface area contributed by atoms with Gasteiger partial charge in [0.05, 0.1) is 11.6 Å². The molecule has 2 fully saturated rings. The summed E-state index contributed by atoms with van der Waals surface area (Å²) in [5, 5.41) is 11.8. The number of nitrogens with zero attached hydrogens (tertiary/aromatic N) is 6. The van der Waals surface area contributed by atoms with Gasteiger partial charge in [0, 0.05) is 38.7 Å². The third-order valence-corrected chi connectivity index (χ3v) is 6.95. The fraction of sp³-hybridized carbons (Fsp3) is 0.500. The van der Waals surface area contributed by atoms with Crippen molar-refractivity contribution in [2.24, 2.45) is 5.92 Å². The summed E-state index contributed by atoms with van der Waals surface area (Å²) >= 11 is 0. The molecule has 1 N–H and O–H groups in total. The van der Waals surface area contributed by atoms with Gasteiger partial charge < -0.3 is 20.0 Å². The minimum Gasteiger partial charge on any atom is -0.356 e. The van der Waals surface area contributed by atoms with Gasteiger partial charge >= 0.3 is 6.18 Å². The van der Waals surface area contributed by atoms with Gasteiger partial charge in [0.15, 0.2) is 0 Å². The molecule has 1 aromatic heterocycles. The van der Waals surface area contributed by atoms with E-state index in [1.54, 1.807) is 23.1 Å². The Kier molecular flexibility index (Phi) is 8.12.